The first kappa shape index (κ1) is 21.9. The van der Waals surface area contributed by atoms with Crippen molar-refractivity contribution in [3.63, 3.8) is 0 Å². The van der Waals surface area contributed by atoms with Gasteiger partial charge in [-0.2, -0.15) is 0 Å². The average molecular weight is 431 g/mol. The number of fused-ring (bicyclic) bond motifs is 7. The van der Waals surface area contributed by atoms with Crippen LogP contribution in [0.5, 0.6) is 0 Å². The van der Waals surface area contributed by atoms with E-state index in [0.717, 1.165) is 12.8 Å². The zero-order valence-electron chi connectivity index (χ0n) is 20.2. The maximum atomic E-state index is 14.1. The molecule has 0 unspecified atom stereocenters. The number of Topliss-reactive ketones (excluding diaryl/α,β-unsaturated/α-hetero) is 1. The van der Waals surface area contributed by atoms with Crippen molar-refractivity contribution in [1.82, 2.24) is 0 Å². The van der Waals surface area contributed by atoms with Crippen LogP contribution < -0.4 is 0 Å². The van der Waals surface area contributed by atoms with E-state index in [1.54, 1.807) is 0 Å². The molecule has 0 radical (unpaired) electrons. The van der Waals surface area contributed by atoms with Gasteiger partial charge in [0.1, 0.15) is 5.78 Å². The summed E-state index contributed by atoms with van der Waals surface area (Å²) in [6.07, 6.45) is 10.5. The molecule has 31 heavy (non-hydrogen) atoms. The highest BCUT2D eigenvalue weighted by molar-refractivity contribution is 5.86. The van der Waals surface area contributed by atoms with E-state index in [2.05, 4.69) is 27.7 Å². The van der Waals surface area contributed by atoms with Gasteiger partial charge in [0.25, 0.3) is 0 Å². The Morgan fingerprint density at radius 1 is 1.13 bits per heavy atom. The molecule has 0 N–H and O–H groups in total. The van der Waals surface area contributed by atoms with Gasteiger partial charge in [-0.25, -0.2) is 0 Å². The highest BCUT2D eigenvalue weighted by atomic mass is 16.6. The molecule has 0 bridgehead atoms. The molecule has 5 aliphatic rings. The van der Waals surface area contributed by atoms with Crippen molar-refractivity contribution < 1.29 is 19.1 Å². The molecule has 1 aliphatic heterocycles. The van der Waals surface area contributed by atoms with E-state index in [-0.39, 0.29) is 28.6 Å². The molecular formula is C27H42O4. The minimum atomic E-state index is -0.0969. The van der Waals surface area contributed by atoms with Crippen molar-refractivity contribution in [3.8, 4) is 0 Å². The van der Waals surface area contributed by atoms with Crippen molar-refractivity contribution >= 4 is 11.8 Å². The number of ether oxygens (including phenoxy) is 2. The Kier molecular flexibility index (Phi) is 5.35. The predicted octanol–water partition coefficient (Wildman–Crippen LogP) is 5.43. The lowest BCUT2D eigenvalue weighted by molar-refractivity contribution is -0.167. The second-order valence-electron chi connectivity index (χ2n) is 12.2. The second kappa shape index (κ2) is 7.57. The lowest BCUT2D eigenvalue weighted by atomic mass is 9.42. The molecule has 0 aromatic rings. The largest absolute Gasteiger partial charge is 0.469 e. The van der Waals surface area contributed by atoms with Gasteiger partial charge in [0.2, 0.25) is 0 Å². The molecule has 4 saturated carbocycles. The summed E-state index contributed by atoms with van der Waals surface area (Å²) < 4.78 is 11.0. The summed E-state index contributed by atoms with van der Waals surface area (Å²) >= 11 is 0. The van der Waals surface area contributed by atoms with Crippen LogP contribution in [0, 0.1) is 52.3 Å². The molecule has 4 nitrogen and oxygen atoms in total. The van der Waals surface area contributed by atoms with Crippen LogP contribution in [0.1, 0.15) is 85.5 Å². The average Bonchev–Trinajstić information content (AvgIpc) is 3.45. The zero-order chi connectivity index (χ0) is 22.1. The Hall–Kier alpha value is -0.900. The monoisotopic (exact) mass is 430 g/mol. The van der Waals surface area contributed by atoms with Gasteiger partial charge < -0.3 is 9.47 Å². The summed E-state index contributed by atoms with van der Waals surface area (Å²) in [6.45, 7) is 9.57. The number of ketones is 1. The van der Waals surface area contributed by atoms with E-state index >= 15 is 0 Å². The maximum Gasteiger partial charge on any atom is 0.305 e. The Bertz CT molecular complexity index is 748. The molecule has 1 heterocycles. The molecule has 5 fully saturated rings. The van der Waals surface area contributed by atoms with Crippen LogP contribution >= 0.6 is 0 Å². The number of hydrogen-bond acceptors (Lipinski definition) is 4. The number of esters is 1. The summed E-state index contributed by atoms with van der Waals surface area (Å²) in [5.41, 5.74) is 0.508. The topological polar surface area (TPSA) is 55.9 Å². The first-order valence-electron chi connectivity index (χ1n) is 13.0. The van der Waals surface area contributed by atoms with E-state index in [4.69, 9.17) is 9.47 Å². The number of methoxy groups -OCH3 is 1. The van der Waals surface area contributed by atoms with Gasteiger partial charge in [-0.15, -0.1) is 0 Å². The van der Waals surface area contributed by atoms with Gasteiger partial charge in [0, 0.05) is 24.2 Å². The smallest absolute Gasteiger partial charge is 0.305 e. The van der Waals surface area contributed by atoms with Gasteiger partial charge >= 0.3 is 5.97 Å². The van der Waals surface area contributed by atoms with Crippen LogP contribution in [0.3, 0.4) is 0 Å². The Morgan fingerprint density at radius 2 is 1.84 bits per heavy atom. The summed E-state index contributed by atoms with van der Waals surface area (Å²) in [5.74, 6) is 3.57. The van der Waals surface area contributed by atoms with E-state index in [9.17, 15) is 9.59 Å². The fourth-order valence-corrected chi connectivity index (χ4v) is 9.60. The SMILES string of the molecule is CC[C@H]1C(=O)[C@@H]2[C@H](CC[C@]3(C)[C@@H]([C@H](C)CCC(=O)OC)CC[C@@H]23)[C@@]2(C)CC[C@@H]3O[C@@H]3[C@@H]12. The number of rotatable bonds is 5. The van der Waals surface area contributed by atoms with Crippen LogP contribution in [0.4, 0.5) is 0 Å². The van der Waals surface area contributed by atoms with Gasteiger partial charge in [0.05, 0.1) is 19.3 Å². The first-order valence-corrected chi connectivity index (χ1v) is 13.0. The summed E-state index contributed by atoms with van der Waals surface area (Å²) in [7, 11) is 1.48. The third kappa shape index (κ3) is 3.09. The molecule has 4 heteroatoms. The van der Waals surface area contributed by atoms with Crippen LogP contribution in [0.2, 0.25) is 0 Å². The number of epoxide rings is 1. The molecule has 0 amide bonds. The molecule has 0 aromatic carbocycles. The summed E-state index contributed by atoms with van der Waals surface area (Å²) in [4.78, 5) is 25.8. The van der Waals surface area contributed by atoms with Crippen LogP contribution in [0.15, 0.2) is 0 Å². The maximum absolute atomic E-state index is 14.1. The molecule has 4 aliphatic carbocycles. The lowest BCUT2D eigenvalue weighted by Crippen LogP contribution is -2.61. The standard InChI is InChI=1S/C27H42O4/c1-6-16-23-25-20(31-25)12-14-27(23,4)19-11-13-26(3)17(15(2)7-10-21(28)30-5)8-9-18(26)22(19)24(16)29/h15-20,22-23,25H,6-14H2,1-5H3/t15-,16-,17-,18+,19+,20+,22+,23-,25+,26-,27-/m1/s1. The predicted molar refractivity (Wildman–Crippen MR) is 119 cm³/mol. The van der Waals surface area contributed by atoms with Crippen molar-refractivity contribution in [2.45, 2.75) is 97.7 Å². The fraction of sp³-hybridized carbons (Fsp3) is 0.926. The van der Waals surface area contributed by atoms with Gasteiger partial charge in [0.15, 0.2) is 0 Å². The van der Waals surface area contributed by atoms with E-state index < -0.39 is 0 Å². The second-order valence-corrected chi connectivity index (χ2v) is 12.2. The van der Waals surface area contributed by atoms with E-state index in [0.29, 0.717) is 54.0 Å². The normalized spacial score (nSPS) is 51.2. The quantitative estimate of drug-likeness (QED) is 0.431. The Morgan fingerprint density at radius 3 is 2.55 bits per heavy atom. The third-order valence-corrected chi connectivity index (χ3v) is 11.2. The number of carbonyl (C=O) groups is 2. The van der Waals surface area contributed by atoms with E-state index in [1.807, 2.05) is 0 Å². The number of carbonyl (C=O) groups excluding carboxylic acids is 2. The fourth-order valence-electron chi connectivity index (χ4n) is 9.60. The van der Waals surface area contributed by atoms with E-state index in [1.165, 1.54) is 45.6 Å². The van der Waals surface area contributed by atoms with Crippen molar-refractivity contribution in [2.24, 2.45) is 52.3 Å². The minimum absolute atomic E-state index is 0.0969. The molecular weight excluding hydrogens is 388 g/mol. The van der Waals surface area contributed by atoms with Gasteiger partial charge in [-0.3, -0.25) is 9.59 Å². The van der Waals surface area contributed by atoms with Crippen molar-refractivity contribution in [3.05, 3.63) is 0 Å². The van der Waals surface area contributed by atoms with Crippen molar-refractivity contribution in [1.29, 1.82) is 0 Å². The Balaban J connectivity index is 1.41. The highest BCUT2D eigenvalue weighted by Gasteiger charge is 2.69. The van der Waals surface area contributed by atoms with Crippen LogP contribution in [-0.4, -0.2) is 31.1 Å². The highest BCUT2D eigenvalue weighted by Crippen LogP contribution is 2.70. The molecule has 11 atom stereocenters. The minimum Gasteiger partial charge on any atom is -0.469 e. The molecule has 0 aromatic heterocycles. The van der Waals surface area contributed by atoms with Crippen LogP contribution in [-0.2, 0) is 19.1 Å². The first-order chi connectivity index (χ1) is 14.8. The van der Waals surface area contributed by atoms with Gasteiger partial charge in [-0.05, 0) is 85.9 Å². The lowest BCUT2D eigenvalue weighted by Gasteiger charge is -2.61. The molecule has 1 saturated heterocycles. The van der Waals surface area contributed by atoms with Crippen molar-refractivity contribution in [2.75, 3.05) is 7.11 Å². The number of hydrogen-bond donors (Lipinski definition) is 0. The third-order valence-electron chi connectivity index (χ3n) is 11.2. The zero-order valence-corrected chi connectivity index (χ0v) is 20.2. The molecule has 174 valence electrons. The van der Waals surface area contributed by atoms with Crippen LogP contribution in [0.25, 0.3) is 0 Å². The summed E-state index contributed by atoms with van der Waals surface area (Å²) in [5, 5.41) is 0. The molecule has 0 spiro atoms. The Labute approximate surface area is 188 Å². The summed E-state index contributed by atoms with van der Waals surface area (Å²) in [6, 6.07) is 0. The van der Waals surface area contributed by atoms with Gasteiger partial charge in [-0.1, -0.05) is 27.7 Å². The molecule has 5 rings (SSSR count).